The molecule has 0 saturated carbocycles. The zero-order chi connectivity index (χ0) is 22.5. The van der Waals surface area contributed by atoms with Crippen LogP contribution in [0, 0.1) is 6.92 Å². The van der Waals surface area contributed by atoms with Crippen LogP contribution in [-0.2, 0) is 12.3 Å². The van der Waals surface area contributed by atoms with Crippen molar-refractivity contribution in [3.8, 4) is 5.69 Å². The SMILES string of the molecule is Cc1cccc(C(=O)NCc2nnc(SCc3ccc(Br)cc3)n2-c2cccc(Cl)c2)c1. The Morgan fingerprint density at radius 3 is 2.59 bits per heavy atom. The van der Waals surface area contributed by atoms with Crippen LogP contribution in [0.5, 0.6) is 0 Å². The maximum absolute atomic E-state index is 12.6. The first-order chi connectivity index (χ1) is 15.5. The zero-order valence-corrected chi connectivity index (χ0v) is 20.4. The molecule has 0 bridgehead atoms. The van der Waals surface area contributed by atoms with Crippen LogP contribution >= 0.6 is 39.3 Å². The van der Waals surface area contributed by atoms with Crippen molar-refractivity contribution in [1.29, 1.82) is 0 Å². The molecule has 3 aromatic carbocycles. The topological polar surface area (TPSA) is 59.8 Å². The summed E-state index contributed by atoms with van der Waals surface area (Å²) in [4.78, 5) is 12.6. The fourth-order valence-electron chi connectivity index (χ4n) is 3.16. The Kier molecular flexibility index (Phi) is 7.29. The largest absolute Gasteiger partial charge is 0.345 e. The number of carbonyl (C=O) groups excluding carboxylic acids is 1. The number of aryl methyl sites for hydroxylation is 1. The second-order valence-corrected chi connectivity index (χ2v) is 9.48. The summed E-state index contributed by atoms with van der Waals surface area (Å²) in [6.45, 7) is 2.20. The summed E-state index contributed by atoms with van der Waals surface area (Å²) in [5.41, 5.74) is 3.67. The first-order valence-electron chi connectivity index (χ1n) is 9.92. The van der Waals surface area contributed by atoms with Gasteiger partial charge >= 0.3 is 0 Å². The quantitative estimate of drug-likeness (QED) is 0.290. The molecule has 4 rings (SSSR count). The van der Waals surface area contributed by atoms with Crippen LogP contribution in [0.3, 0.4) is 0 Å². The lowest BCUT2D eigenvalue weighted by Gasteiger charge is -2.12. The Morgan fingerprint density at radius 2 is 1.84 bits per heavy atom. The van der Waals surface area contributed by atoms with Gasteiger partial charge in [-0.25, -0.2) is 0 Å². The molecule has 8 heteroatoms. The molecule has 0 unspecified atom stereocenters. The summed E-state index contributed by atoms with van der Waals surface area (Å²) in [5.74, 6) is 1.21. The number of hydrogen-bond donors (Lipinski definition) is 1. The van der Waals surface area contributed by atoms with E-state index >= 15 is 0 Å². The van der Waals surface area contributed by atoms with Crippen molar-refractivity contribution in [2.75, 3.05) is 0 Å². The fraction of sp³-hybridized carbons (Fsp3) is 0.125. The molecule has 32 heavy (non-hydrogen) atoms. The van der Waals surface area contributed by atoms with Crippen LogP contribution in [0.4, 0.5) is 0 Å². The molecule has 5 nitrogen and oxygen atoms in total. The van der Waals surface area contributed by atoms with Gasteiger partial charge < -0.3 is 5.32 Å². The highest BCUT2D eigenvalue weighted by molar-refractivity contribution is 9.10. The second kappa shape index (κ2) is 10.3. The molecular formula is C24H20BrClN4OS. The summed E-state index contributed by atoms with van der Waals surface area (Å²) in [6.07, 6.45) is 0. The van der Waals surface area contributed by atoms with E-state index in [-0.39, 0.29) is 12.5 Å². The van der Waals surface area contributed by atoms with Crippen molar-refractivity contribution >= 4 is 45.2 Å². The van der Waals surface area contributed by atoms with E-state index in [0.717, 1.165) is 26.6 Å². The Balaban J connectivity index is 1.57. The van der Waals surface area contributed by atoms with Gasteiger partial charge in [0, 0.05) is 20.8 Å². The average Bonchev–Trinajstić information content (AvgIpc) is 3.20. The maximum Gasteiger partial charge on any atom is 0.251 e. The number of amides is 1. The average molecular weight is 528 g/mol. The van der Waals surface area contributed by atoms with Crippen molar-refractivity contribution in [2.24, 2.45) is 0 Å². The number of halogens is 2. The number of nitrogens with one attached hydrogen (secondary N) is 1. The Morgan fingerprint density at radius 1 is 1.06 bits per heavy atom. The van der Waals surface area contributed by atoms with E-state index in [9.17, 15) is 4.79 Å². The first-order valence-corrected chi connectivity index (χ1v) is 12.1. The number of thioether (sulfide) groups is 1. The van der Waals surface area contributed by atoms with Gasteiger partial charge in [-0.15, -0.1) is 10.2 Å². The van der Waals surface area contributed by atoms with Crippen molar-refractivity contribution in [3.63, 3.8) is 0 Å². The van der Waals surface area contributed by atoms with Gasteiger partial charge in [0.1, 0.15) is 0 Å². The van der Waals surface area contributed by atoms with Crippen LogP contribution in [0.1, 0.15) is 27.3 Å². The van der Waals surface area contributed by atoms with Crippen LogP contribution in [0.25, 0.3) is 5.69 Å². The number of nitrogens with zero attached hydrogens (tertiary/aromatic N) is 3. The monoisotopic (exact) mass is 526 g/mol. The predicted octanol–water partition coefficient (Wildman–Crippen LogP) is 6.21. The molecule has 0 saturated heterocycles. The summed E-state index contributed by atoms with van der Waals surface area (Å²) in [5, 5.41) is 13.1. The van der Waals surface area contributed by atoms with Gasteiger partial charge in [-0.3, -0.25) is 9.36 Å². The van der Waals surface area contributed by atoms with Crippen molar-refractivity contribution in [1.82, 2.24) is 20.1 Å². The third-order valence-corrected chi connectivity index (χ3v) is 6.50. The molecule has 162 valence electrons. The van der Waals surface area contributed by atoms with Crippen molar-refractivity contribution < 1.29 is 4.79 Å². The van der Waals surface area contributed by atoms with E-state index in [4.69, 9.17) is 11.6 Å². The highest BCUT2D eigenvalue weighted by Crippen LogP contribution is 2.27. The van der Waals surface area contributed by atoms with Crippen molar-refractivity contribution in [3.05, 3.63) is 105 Å². The molecular weight excluding hydrogens is 508 g/mol. The van der Waals surface area contributed by atoms with E-state index in [0.29, 0.717) is 16.4 Å². The smallest absolute Gasteiger partial charge is 0.251 e. The molecule has 0 atom stereocenters. The first kappa shape index (κ1) is 22.6. The summed E-state index contributed by atoms with van der Waals surface area (Å²) in [6, 6.07) is 23.2. The van der Waals surface area contributed by atoms with Crippen LogP contribution < -0.4 is 5.32 Å². The normalized spacial score (nSPS) is 10.8. The molecule has 0 fully saturated rings. The van der Waals surface area contributed by atoms with E-state index < -0.39 is 0 Å². The van der Waals surface area contributed by atoms with Gasteiger partial charge in [0.15, 0.2) is 11.0 Å². The number of benzene rings is 3. The van der Waals surface area contributed by atoms with Gasteiger partial charge in [0.05, 0.1) is 12.2 Å². The van der Waals surface area contributed by atoms with Gasteiger partial charge in [0.2, 0.25) is 0 Å². The Bertz CT molecular complexity index is 1240. The molecule has 1 amide bonds. The van der Waals surface area contributed by atoms with E-state index in [1.165, 1.54) is 5.56 Å². The zero-order valence-electron chi connectivity index (χ0n) is 17.3. The molecule has 0 spiro atoms. The standard InChI is InChI=1S/C24H20BrClN4OS/c1-16-4-2-5-18(12-16)23(31)27-14-22-28-29-24(30(22)21-7-3-6-20(26)13-21)32-15-17-8-10-19(25)11-9-17/h2-13H,14-15H2,1H3,(H,27,31). The lowest BCUT2D eigenvalue weighted by molar-refractivity contribution is 0.0949. The number of carbonyl (C=O) groups is 1. The van der Waals surface area contributed by atoms with E-state index in [2.05, 4.69) is 43.6 Å². The molecule has 4 aromatic rings. The van der Waals surface area contributed by atoms with Crippen LogP contribution in [-0.4, -0.2) is 20.7 Å². The second-order valence-electron chi connectivity index (χ2n) is 7.18. The summed E-state index contributed by atoms with van der Waals surface area (Å²) in [7, 11) is 0. The molecule has 0 aliphatic heterocycles. The van der Waals surface area contributed by atoms with E-state index in [1.54, 1.807) is 17.8 Å². The van der Waals surface area contributed by atoms with Gasteiger partial charge in [-0.05, 0) is 55.0 Å². The molecule has 0 aliphatic rings. The summed E-state index contributed by atoms with van der Waals surface area (Å²) >= 11 is 11.3. The fourth-order valence-corrected chi connectivity index (χ4v) is 4.53. The lowest BCUT2D eigenvalue weighted by atomic mass is 10.1. The number of aromatic nitrogens is 3. The maximum atomic E-state index is 12.6. The molecule has 1 aromatic heterocycles. The number of rotatable bonds is 7. The molecule has 0 radical (unpaired) electrons. The van der Waals surface area contributed by atoms with Crippen LogP contribution in [0.15, 0.2) is 82.4 Å². The minimum absolute atomic E-state index is 0.154. The highest BCUT2D eigenvalue weighted by atomic mass is 79.9. The van der Waals surface area contributed by atoms with Gasteiger partial charge in [0.25, 0.3) is 5.91 Å². The minimum atomic E-state index is -0.154. The highest BCUT2D eigenvalue weighted by Gasteiger charge is 2.16. The van der Waals surface area contributed by atoms with Gasteiger partial charge in [-0.2, -0.15) is 0 Å². The third kappa shape index (κ3) is 5.59. The van der Waals surface area contributed by atoms with Crippen LogP contribution in [0.2, 0.25) is 5.02 Å². The lowest BCUT2D eigenvalue weighted by Crippen LogP contribution is -2.24. The minimum Gasteiger partial charge on any atom is -0.345 e. The Hall–Kier alpha value is -2.61. The van der Waals surface area contributed by atoms with Gasteiger partial charge in [-0.1, -0.05) is 75.2 Å². The number of hydrogen-bond acceptors (Lipinski definition) is 4. The van der Waals surface area contributed by atoms with Crippen molar-refractivity contribution in [2.45, 2.75) is 24.4 Å². The molecule has 1 heterocycles. The van der Waals surface area contributed by atoms with E-state index in [1.807, 2.05) is 66.1 Å². The molecule has 0 aliphatic carbocycles. The summed E-state index contributed by atoms with van der Waals surface area (Å²) < 4.78 is 2.98. The third-order valence-electron chi connectivity index (χ3n) is 4.74. The predicted molar refractivity (Wildman–Crippen MR) is 132 cm³/mol. The Labute approximate surface area is 204 Å². The molecule has 1 N–H and O–H groups in total.